The maximum absolute atomic E-state index is 14.2. The van der Waals surface area contributed by atoms with E-state index in [0.717, 1.165) is 78.9 Å². The summed E-state index contributed by atoms with van der Waals surface area (Å²) in [5.41, 5.74) is 7.99. The lowest BCUT2D eigenvalue weighted by atomic mass is 9.78. The Kier molecular flexibility index (Phi) is 18.4. The van der Waals surface area contributed by atoms with E-state index in [1.165, 1.54) is 34.2 Å². The van der Waals surface area contributed by atoms with Gasteiger partial charge in [0.15, 0.2) is 5.71 Å². The van der Waals surface area contributed by atoms with Gasteiger partial charge in [-0.2, -0.15) is 26.7 Å². The van der Waals surface area contributed by atoms with Crippen molar-refractivity contribution in [1.29, 1.82) is 5.26 Å². The molecular weight excluding hydrogens is 1000 g/mol. The van der Waals surface area contributed by atoms with E-state index in [0.29, 0.717) is 43.9 Å². The molecule has 0 fully saturated rings. The first-order valence-electron chi connectivity index (χ1n) is 26.4. The van der Waals surface area contributed by atoms with Crippen LogP contribution in [0.5, 0.6) is 5.75 Å². The summed E-state index contributed by atoms with van der Waals surface area (Å²) >= 11 is 0. The van der Waals surface area contributed by atoms with Crippen molar-refractivity contribution in [2.45, 2.75) is 147 Å². The molecule has 0 bridgehead atoms. The molecular formula is C59H76N4O9PS2+. The van der Waals surface area contributed by atoms with Gasteiger partial charge in [-0.3, -0.25) is 13.7 Å². The van der Waals surface area contributed by atoms with E-state index in [2.05, 4.69) is 116 Å². The monoisotopic (exact) mass is 1080 g/mol. The molecule has 402 valence electrons. The van der Waals surface area contributed by atoms with Gasteiger partial charge in [0.1, 0.15) is 18.1 Å². The number of nitriles is 1. The second kappa shape index (κ2) is 24.0. The molecule has 75 heavy (non-hydrogen) atoms. The zero-order valence-corrected chi connectivity index (χ0v) is 47.5. The van der Waals surface area contributed by atoms with Crippen molar-refractivity contribution in [2.75, 3.05) is 36.5 Å². The first-order chi connectivity index (χ1) is 35.5. The molecule has 13 nitrogen and oxygen atoms in total. The lowest BCUT2D eigenvalue weighted by molar-refractivity contribution is -0.438. The fourth-order valence-electron chi connectivity index (χ4n) is 11.4. The third-order valence-electron chi connectivity index (χ3n) is 14.8. The fraction of sp³-hybridized carbons (Fsp3) is 0.458. The minimum absolute atomic E-state index is 0.0176. The molecule has 3 aliphatic rings. The Morgan fingerprint density at radius 3 is 2.20 bits per heavy atom. The van der Waals surface area contributed by atoms with E-state index in [-0.39, 0.29) is 40.7 Å². The molecule has 0 spiro atoms. The Bertz CT molecular complexity index is 3210. The Morgan fingerprint density at radius 1 is 0.813 bits per heavy atom. The molecule has 1 unspecified atom stereocenters. The number of hydrogen-bond acceptors (Lipinski definition) is 9. The van der Waals surface area contributed by atoms with E-state index < -0.39 is 33.2 Å². The zero-order chi connectivity index (χ0) is 54.3. The molecule has 0 saturated carbocycles. The molecule has 1 atom stereocenters. The highest BCUT2D eigenvalue weighted by atomic mass is 32.2. The molecule has 4 aromatic rings. The van der Waals surface area contributed by atoms with Crippen LogP contribution in [0.1, 0.15) is 131 Å². The number of benzene rings is 4. The van der Waals surface area contributed by atoms with E-state index in [9.17, 15) is 35.8 Å². The van der Waals surface area contributed by atoms with Crippen LogP contribution < -0.4 is 9.64 Å². The molecule has 1 aliphatic carbocycles. The van der Waals surface area contributed by atoms with Crippen LogP contribution in [0.15, 0.2) is 137 Å². The summed E-state index contributed by atoms with van der Waals surface area (Å²) in [5, 5.41) is 11.7. The summed E-state index contributed by atoms with van der Waals surface area (Å²) in [4.78, 5) is 2.01. The number of para-hydroxylation sites is 1. The standard InChI is InChI=1S/C59H75N4O9PS2/c1-43(2)63(44(3)4)73(64,41-20-37-60)71-40-17-10-9-15-38-62-53-34-27-45-21-11-12-24-50(45)56(53)59(7,8)55(62)36-29-47-23-19-22-46(57(47)72-48-30-32-49(33-31-48)75(68,69)70)28-35-54-58(5,6)51-25-13-14-26-52(51)61(54)39-16-18-42-74(65,66)67/h11-14,21,24-36,43-44H,9-10,15-20,22-23,38-42H2,1-8H3,(H-,65,66,67,68,69,70)/p+1. The molecule has 0 radical (unpaired) electrons. The Morgan fingerprint density at radius 2 is 1.51 bits per heavy atom. The summed E-state index contributed by atoms with van der Waals surface area (Å²) in [6.07, 6.45) is 15.7. The smallest absolute Gasteiger partial charge is 0.294 e. The van der Waals surface area contributed by atoms with E-state index in [1.807, 2.05) is 44.5 Å². The third-order valence-corrected chi connectivity index (χ3v) is 19.4. The van der Waals surface area contributed by atoms with Crippen molar-refractivity contribution in [3.63, 3.8) is 0 Å². The van der Waals surface area contributed by atoms with Crippen molar-refractivity contribution in [1.82, 2.24) is 4.67 Å². The van der Waals surface area contributed by atoms with Crippen LogP contribution in [0.4, 0.5) is 11.4 Å². The maximum Gasteiger partial charge on any atom is 0.294 e. The molecule has 2 heterocycles. The molecule has 7 rings (SSSR count). The molecule has 2 aliphatic heterocycles. The normalized spacial score (nSPS) is 18.5. The summed E-state index contributed by atoms with van der Waals surface area (Å²) < 4.78 is 98.1. The van der Waals surface area contributed by atoms with Gasteiger partial charge < -0.3 is 14.2 Å². The molecule has 0 saturated heterocycles. The van der Waals surface area contributed by atoms with Crippen LogP contribution in [-0.4, -0.2) is 84.6 Å². The van der Waals surface area contributed by atoms with Crippen molar-refractivity contribution in [2.24, 2.45) is 0 Å². The first-order valence-corrected chi connectivity index (χ1v) is 31.3. The van der Waals surface area contributed by atoms with Crippen molar-refractivity contribution < 1.29 is 44.3 Å². The largest absolute Gasteiger partial charge is 0.457 e. The molecule has 0 amide bonds. The maximum atomic E-state index is 14.2. The van der Waals surface area contributed by atoms with Crippen LogP contribution in [0.3, 0.4) is 0 Å². The van der Waals surface area contributed by atoms with Crippen molar-refractivity contribution >= 4 is 55.6 Å². The number of rotatable bonds is 24. The number of fused-ring (bicyclic) bond motifs is 4. The van der Waals surface area contributed by atoms with E-state index in [4.69, 9.17) is 9.26 Å². The first kappa shape index (κ1) is 57.5. The zero-order valence-electron chi connectivity index (χ0n) is 45.0. The Labute approximate surface area is 446 Å². The number of anilines is 1. The third kappa shape index (κ3) is 13.3. The quantitative estimate of drug-likeness (QED) is 0.0294. The Balaban J connectivity index is 1.23. The number of allylic oxidation sites excluding steroid dienone is 7. The van der Waals surface area contributed by atoms with Crippen LogP contribution in [0.25, 0.3) is 10.8 Å². The van der Waals surface area contributed by atoms with E-state index >= 15 is 0 Å². The van der Waals surface area contributed by atoms with Crippen molar-refractivity contribution in [3.8, 4) is 11.8 Å². The van der Waals surface area contributed by atoms with Gasteiger partial charge in [-0.15, -0.1) is 0 Å². The van der Waals surface area contributed by atoms with Gasteiger partial charge in [-0.05, 0) is 163 Å². The number of unbranched alkanes of at least 4 members (excludes halogenated alkanes) is 4. The minimum Gasteiger partial charge on any atom is -0.457 e. The van der Waals surface area contributed by atoms with Crippen molar-refractivity contribution in [3.05, 3.63) is 143 Å². The summed E-state index contributed by atoms with van der Waals surface area (Å²) in [6.45, 7) is 18.7. The lowest BCUT2D eigenvalue weighted by Crippen LogP contribution is -2.35. The molecule has 4 aromatic carbocycles. The molecule has 0 aromatic heterocycles. The average molecular weight is 1080 g/mol. The van der Waals surface area contributed by atoms with Gasteiger partial charge in [-0.1, -0.05) is 68.8 Å². The SMILES string of the molecule is CC(C)N(C(C)C)P(=O)(CCC#N)OCCCCCC[N+]1=C(/C=C/C2=C(Oc3ccc(S(=O)(=O)O)cc3)C(=C/C=C3/N(CCCCS(=O)(=O)O)c4ccccc4C3(C)C)/CCC2)C(C)(C)c2c1ccc1ccccc21. The average Bonchev–Trinajstić information content (AvgIpc) is 3.70. The highest BCUT2D eigenvalue weighted by Crippen LogP contribution is 2.54. The summed E-state index contributed by atoms with van der Waals surface area (Å²) in [6, 6.07) is 29.2. The Hall–Kier alpha value is -5.17. The summed E-state index contributed by atoms with van der Waals surface area (Å²) in [5.74, 6) is 0.778. The fourth-order valence-corrected chi connectivity index (χ4v) is 15.1. The van der Waals surface area contributed by atoms with Gasteiger partial charge in [0.05, 0.1) is 34.9 Å². The van der Waals surface area contributed by atoms with Crippen LogP contribution >= 0.6 is 7.52 Å². The topological polar surface area (TPSA) is 178 Å². The number of ether oxygens (including phenoxy) is 1. The van der Waals surface area contributed by atoms with E-state index in [1.54, 1.807) is 12.1 Å². The van der Waals surface area contributed by atoms with Gasteiger partial charge in [-0.25, -0.2) is 4.67 Å². The van der Waals surface area contributed by atoms with Gasteiger partial charge >= 0.3 is 0 Å². The minimum atomic E-state index is -4.43. The van der Waals surface area contributed by atoms with Crippen LogP contribution in [-0.2, 0) is 40.2 Å². The molecule has 2 N–H and O–H groups in total. The lowest BCUT2D eigenvalue weighted by Gasteiger charge is -2.37. The van der Waals surface area contributed by atoms with Gasteiger partial charge in [0, 0.05) is 66.0 Å². The van der Waals surface area contributed by atoms with Crippen LogP contribution in [0.2, 0.25) is 0 Å². The van der Waals surface area contributed by atoms with Gasteiger partial charge in [0.25, 0.3) is 27.8 Å². The van der Waals surface area contributed by atoms with Crippen LogP contribution in [0, 0.1) is 11.3 Å². The van der Waals surface area contributed by atoms with Gasteiger partial charge in [0.2, 0.25) is 5.69 Å². The second-order valence-corrected chi connectivity index (χ2v) is 27.0. The number of nitrogens with zero attached hydrogens (tertiary/aromatic N) is 4. The predicted molar refractivity (Wildman–Crippen MR) is 302 cm³/mol. The number of hydrogen-bond donors (Lipinski definition) is 2. The predicted octanol–water partition coefficient (Wildman–Crippen LogP) is 13.6. The summed E-state index contributed by atoms with van der Waals surface area (Å²) in [7, 11) is -11.7. The molecule has 16 heteroatoms. The highest BCUT2D eigenvalue weighted by Gasteiger charge is 2.46. The second-order valence-electron chi connectivity index (χ2n) is 21.5. The highest BCUT2D eigenvalue weighted by molar-refractivity contribution is 7.86.